The van der Waals surface area contributed by atoms with Gasteiger partial charge in [0.05, 0.1) is 18.4 Å². The van der Waals surface area contributed by atoms with E-state index in [0.29, 0.717) is 30.8 Å². The van der Waals surface area contributed by atoms with E-state index >= 15 is 0 Å². The minimum absolute atomic E-state index is 0.0234. The summed E-state index contributed by atoms with van der Waals surface area (Å²) >= 11 is 0. The number of ether oxygens (including phenoxy) is 2. The highest BCUT2D eigenvalue weighted by atomic mass is 19.3. The predicted octanol–water partition coefficient (Wildman–Crippen LogP) is 3.09. The monoisotopic (exact) mass is 337 g/mol. The number of morpholine rings is 1. The zero-order valence-corrected chi connectivity index (χ0v) is 13.0. The Hall–Kier alpha value is -2.48. The highest BCUT2D eigenvalue weighted by Crippen LogP contribution is 2.31. The Morgan fingerprint density at radius 3 is 3.04 bits per heavy atom. The number of nitrogens with one attached hydrogen (secondary N) is 1. The number of alkyl halides is 2. The molecule has 128 valence electrons. The summed E-state index contributed by atoms with van der Waals surface area (Å²) in [6.07, 6.45) is 1.46. The van der Waals surface area contributed by atoms with Crippen LogP contribution in [0.5, 0.6) is 5.75 Å². The molecule has 1 aromatic carbocycles. The van der Waals surface area contributed by atoms with Crippen LogP contribution in [0.3, 0.4) is 0 Å². The van der Waals surface area contributed by atoms with Crippen molar-refractivity contribution in [3.8, 4) is 5.75 Å². The van der Waals surface area contributed by atoms with E-state index in [1.807, 2.05) is 6.92 Å². The molecule has 2 heterocycles. The molecule has 0 aliphatic carbocycles. The Labute approximate surface area is 137 Å². The van der Waals surface area contributed by atoms with Gasteiger partial charge in [0.15, 0.2) is 5.75 Å². The molecule has 2 aromatic rings. The van der Waals surface area contributed by atoms with E-state index in [9.17, 15) is 13.6 Å². The Kier molecular flexibility index (Phi) is 4.75. The molecule has 3 rings (SSSR count). The number of rotatable bonds is 3. The van der Waals surface area contributed by atoms with Gasteiger partial charge >= 0.3 is 12.6 Å². The van der Waals surface area contributed by atoms with E-state index in [-0.39, 0.29) is 23.4 Å². The number of urea groups is 1. The molecule has 0 bridgehead atoms. The van der Waals surface area contributed by atoms with Crippen LogP contribution in [0.25, 0.3) is 10.9 Å². The topological polar surface area (TPSA) is 63.7 Å². The Morgan fingerprint density at radius 2 is 2.29 bits per heavy atom. The van der Waals surface area contributed by atoms with Gasteiger partial charge in [-0.25, -0.2) is 4.79 Å². The average Bonchev–Trinajstić information content (AvgIpc) is 2.56. The lowest BCUT2D eigenvalue weighted by Gasteiger charge is -2.31. The van der Waals surface area contributed by atoms with Crippen molar-refractivity contribution in [2.45, 2.75) is 19.6 Å². The van der Waals surface area contributed by atoms with Crippen LogP contribution >= 0.6 is 0 Å². The van der Waals surface area contributed by atoms with Crippen molar-refractivity contribution in [2.24, 2.45) is 0 Å². The SMILES string of the molecule is C[C@@H]1CN(C(=O)Nc2ccc(OC(F)F)c3ncccc23)CCO1. The standard InChI is InChI=1S/C16H17F2N3O3/c1-10-9-21(7-8-23-10)16(22)20-12-4-5-13(24-15(17)18)14-11(12)3-2-6-19-14/h2-6,10,15H,7-9H2,1H3,(H,20,22)/t10-/m1/s1. The lowest BCUT2D eigenvalue weighted by atomic mass is 10.1. The number of benzene rings is 1. The zero-order chi connectivity index (χ0) is 17.1. The summed E-state index contributed by atoms with van der Waals surface area (Å²) in [5.74, 6) is -0.0291. The first-order valence-electron chi connectivity index (χ1n) is 7.54. The third kappa shape index (κ3) is 3.53. The maximum absolute atomic E-state index is 12.5. The highest BCUT2D eigenvalue weighted by Gasteiger charge is 2.22. The molecular formula is C16H17F2N3O3. The Morgan fingerprint density at radius 1 is 1.46 bits per heavy atom. The second-order valence-electron chi connectivity index (χ2n) is 5.45. The summed E-state index contributed by atoms with van der Waals surface area (Å²) in [5.41, 5.74) is 0.759. The summed E-state index contributed by atoms with van der Waals surface area (Å²) in [6, 6.07) is 6.00. The van der Waals surface area contributed by atoms with Crippen molar-refractivity contribution in [2.75, 3.05) is 25.0 Å². The number of pyridine rings is 1. The van der Waals surface area contributed by atoms with Gasteiger partial charge in [0, 0.05) is 24.7 Å². The first-order valence-corrected chi connectivity index (χ1v) is 7.54. The van der Waals surface area contributed by atoms with Crippen LogP contribution in [-0.2, 0) is 4.74 Å². The Balaban J connectivity index is 1.86. The van der Waals surface area contributed by atoms with Gasteiger partial charge in [-0.15, -0.1) is 0 Å². The van der Waals surface area contributed by atoms with Crippen LogP contribution in [0.15, 0.2) is 30.5 Å². The van der Waals surface area contributed by atoms with E-state index < -0.39 is 6.61 Å². The molecule has 1 N–H and O–H groups in total. The van der Waals surface area contributed by atoms with Crippen molar-refractivity contribution in [3.05, 3.63) is 30.5 Å². The van der Waals surface area contributed by atoms with E-state index in [2.05, 4.69) is 15.0 Å². The zero-order valence-electron chi connectivity index (χ0n) is 13.0. The minimum atomic E-state index is -2.94. The largest absolute Gasteiger partial charge is 0.432 e. The van der Waals surface area contributed by atoms with Gasteiger partial charge in [0.25, 0.3) is 0 Å². The number of anilines is 1. The van der Waals surface area contributed by atoms with Gasteiger partial charge in [-0.1, -0.05) is 0 Å². The number of hydrogen-bond acceptors (Lipinski definition) is 4. The fraction of sp³-hybridized carbons (Fsp3) is 0.375. The van der Waals surface area contributed by atoms with Gasteiger partial charge in [0.1, 0.15) is 5.52 Å². The lowest BCUT2D eigenvalue weighted by Crippen LogP contribution is -2.46. The molecule has 6 nitrogen and oxygen atoms in total. The van der Waals surface area contributed by atoms with Crippen LogP contribution in [0.2, 0.25) is 0 Å². The summed E-state index contributed by atoms with van der Waals surface area (Å²) in [4.78, 5) is 18.1. The number of fused-ring (bicyclic) bond motifs is 1. The van der Waals surface area contributed by atoms with Crippen LogP contribution in [0.1, 0.15) is 6.92 Å². The molecule has 0 spiro atoms. The molecule has 1 fully saturated rings. The number of amides is 2. The number of hydrogen-bond donors (Lipinski definition) is 1. The summed E-state index contributed by atoms with van der Waals surface area (Å²) in [6.45, 7) is 0.436. The van der Waals surface area contributed by atoms with Crippen molar-refractivity contribution >= 4 is 22.6 Å². The van der Waals surface area contributed by atoms with Gasteiger partial charge in [0.2, 0.25) is 0 Å². The first-order chi connectivity index (χ1) is 11.5. The molecule has 1 saturated heterocycles. The molecule has 8 heteroatoms. The molecule has 0 saturated carbocycles. The number of nitrogens with zero attached hydrogens (tertiary/aromatic N) is 2. The molecule has 1 aliphatic rings. The highest BCUT2D eigenvalue weighted by molar-refractivity contribution is 6.02. The smallest absolute Gasteiger partial charge is 0.387 e. The van der Waals surface area contributed by atoms with Crippen molar-refractivity contribution in [1.82, 2.24) is 9.88 Å². The molecular weight excluding hydrogens is 320 g/mol. The number of halogens is 2. The molecule has 24 heavy (non-hydrogen) atoms. The first kappa shape index (κ1) is 16.4. The summed E-state index contributed by atoms with van der Waals surface area (Å²) in [5, 5.41) is 3.34. The van der Waals surface area contributed by atoms with Gasteiger partial charge in [-0.3, -0.25) is 4.98 Å². The molecule has 0 unspecified atom stereocenters. The van der Waals surface area contributed by atoms with Gasteiger partial charge in [-0.05, 0) is 31.2 Å². The minimum Gasteiger partial charge on any atom is -0.432 e. The van der Waals surface area contributed by atoms with Crippen LogP contribution in [-0.4, -0.2) is 48.3 Å². The Bertz CT molecular complexity index is 742. The molecule has 0 radical (unpaired) electrons. The van der Waals surface area contributed by atoms with Gasteiger partial charge < -0.3 is 19.7 Å². The van der Waals surface area contributed by atoms with Gasteiger partial charge in [-0.2, -0.15) is 8.78 Å². The van der Waals surface area contributed by atoms with Crippen molar-refractivity contribution in [1.29, 1.82) is 0 Å². The summed E-state index contributed by atoms with van der Waals surface area (Å²) < 4.78 is 34.9. The second-order valence-corrected chi connectivity index (χ2v) is 5.45. The molecule has 1 aromatic heterocycles. The lowest BCUT2D eigenvalue weighted by molar-refractivity contribution is -0.0489. The second kappa shape index (κ2) is 6.96. The van der Waals surface area contributed by atoms with Crippen molar-refractivity contribution in [3.63, 3.8) is 0 Å². The van der Waals surface area contributed by atoms with E-state index in [4.69, 9.17) is 4.74 Å². The molecule has 1 aliphatic heterocycles. The maximum Gasteiger partial charge on any atom is 0.387 e. The van der Waals surface area contributed by atoms with E-state index in [1.165, 1.54) is 18.3 Å². The molecule has 2 amide bonds. The number of aromatic nitrogens is 1. The molecule has 1 atom stereocenters. The normalized spacial score (nSPS) is 18.0. The quantitative estimate of drug-likeness (QED) is 0.935. The van der Waals surface area contributed by atoms with Crippen LogP contribution in [0, 0.1) is 0 Å². The number of carbonyl (C=O) groups is 1. The average molecular weight is 337 g/mol. The van der Waals surface area contributed by atoms with E-state index in [1.54, 1.807) is 17.0 Å². The van der Waals surface area contributed by atoms with E-state index in [0.717, 1.165) is 0 Å². The third-order valence-electron chi connectivity index (χ3n) is 3.72. The predicted molar refractivity (Wildman–Crippen MR) is 84.4 cm³/mol. The maximum atomic E-state index is 12.5. The van der Waals surface area contributed by atoms with Crippen molar-refractivity contribution < 1.29 is 23.0 Å². The fourth-order valence-corrected chi connectivity index (χ4v) is 2.64. The third-order valence-corrected chi connectivity index (χ3v) is 3.72. The van der Waals surface area contributed by atoms with Crippen LogP contribution in [0.4, 0.5) is 19.3 Å². The van der Waals surface area contributed by atoms with Crippen LogP contribution < -0.4 is 10.1 Å². The number of carbonyl (C=O) groups excluding carboxylic acids is 1. The summed E-state index contributed by atoms with van der Waals surface area (Å²) in [7, 11) is 0. The fourth-order valence-electron chi connectivity index (χ4n) is 2.64.